The molecule has 22 heavy (non-hydrogen) atoms. The normalized spacial score (nSPS) is 22.0. The molecule has 0 unspecified atom stereocenters. The van der Waals surface area contributed by atoms with Gasteiger partial charge in [-0.05, 0) is 26.0 Å². The molecule has 5 heteroatoms. The third-order valence-corrected chi connectivity index (χ3v) is 3.97. The lowest BCUT2D eigenvalue weighted by Gasteiger charge is -2.33. The molecule has 0 aromatic rings. The van der Waals surface area contributed by atoms with Crippen LogP contribution in [0.2, 0.25) is 0 Å². The first-order valence-electron chi connectivity index (χ1n) is 7.74. The van der Waals surface area contributed by atoms with Gasteiger partial charge >= 0.3 is 0 Å². The van der Waals surface area contributed by atoms with Crippen molar-refractivity contribution in [2.24, 2.45) is 5.84 Å². The first kappa shape index (κ1) is 17.0. The van der Waals surface area contributed by atoms with Gasteiger partial charge < -0.3 is 9.47 Å². The summed E-state index contributed by atoms with van der Waals surface area (Å²) in [6, 6.07) is 0. The molecule has 0 aliphatic carbocycles. The Labute approximate surface area is 133 Å². The molecule has 0 atom stereocenters. The molecule has 2 N–H and O–H groups in total. The quantitative estimate of drug-likeness (QED) is 0.759. The van der Waals surface area contributed by atoms with Crippen LogP contribution >= 0.6 is 0 Å². The zero-order valence-corrected chi connectivity index (χ0v) is 13.6. The van der Waals surface area contributed by atoms with Crippen LogP contribution in [0.4, 0.5) is 0 Å². The molecule has 0 bridgehead atoms. The Hall–Kier alpha value is -1.40. The van der Waals surface area contributed by atoms with Crippen LogP contribution in [0.15, 0.2) is 48.4 Å². The largest absolute Gasteiger partial charge is 0.379 e. The molecule has 2 aliphatic heterocycles. The number of allylic oxidation sites excluding steroid dienone is 3. The fourth-order valence-electron chi connectivity index (χ4n) is 2.49. The van der Waals surface area contributed by atoms with E-state index in [1.807, 2.05) is 24.4 Å². The molecule has 0 spiro atoms. The lowest BCUT2D eigenvalue weighted by Crippen LogP contribution is -2.40. The van der Waals surface area contributed by atoms with E-state index in [1.165, 1.54) is 0 Å². The van der Waals surface area contributed by atoms with Crippen molar-refractivity contribution in [1.82, 2.24) is 9.91 Å². The van der Waals surface area contributed by atoms with Crippen LogP contribution in [0, 0.1) is 0 Å². The second-order valence-electron chi connectivity index (χ2n) is 5.97. The van der Waals surface area contributed by atoms with Crippen molar-refractivity contribution >= 4 is 0 Å². The van der Waals surface area contributed by atoms with E-state index in [9.17, 15) is 0 Å². The second-order valence-corrected chi connectivity index (χ2v) is 5.97. The lowest BCUT2D eigenvalue weighted by molar-refractivity contribution is -0.0188. The predicted molar refractivity (Wildman–Crippen MR) is 88.8 cm³/mol. The summed E-state index contributed by atoms with van der Waals surface area (Å²) >= 11 is 0. The Kier molecular flexibility index (Phi) is 5.97. The van der Waals surface area contributed by atoms with E-state index >= 15 is 0 Å². The minimum absolute atomic E-state index is 0.375. The van der Waals surface area contributed by atoms with Gasteiger partial charge in [0, 0.05) is 31.4 Å². The highest BCUT2D eigenvalue weighted by Crippen LogP contribution is 2.26. The topological polar surface area (TPSA) is 51.0 Å². The summed E-state index contributed by atoms with van der Waals surface area (Å²) in [7, 11) is 0. The van der Waals surface area contributed by atoms with Crippen LogP contribution in [0.5, 0.6) is 0 Å². The van der Waals surface area contributed by atoms with Gasteiger partial charge in [-0.25, -0.2) is 5.84 Å². The molecule has 2 aliphatic rings. The van der Waals surface area contributed by atoms with E-state index < -0.39 is 0 Å². The molecule has 0 radical (unpaired) electrons. The van der Waals surface area contributed by atoms with E-state index in [-0.39, 0.29) is 5.60 Å². The Morgan fingerprint density at radius 3 is 2.73 bits per heavy atom. The third kappa shape index (κ3) is 4.55. The molecule has 0 aromatic heterocycles. The summed E-state index contributed by atoms with van der Waals surface area (Å²) in [6.45, 7) is 13.1. The predicted octanol–water partition coefficient (Wildman–Crippen LogP) is 1.81. The Balaban J connectivity index is 1.87. The third-order valence-electron chi connectivity index (χ3n) is 3.97. The van der Waals surface area contributed by atoms with Gasteiger partial charge in [0.05, 0.1) is 31.1 Å². The number of rotatable bonds is 6. The highest BCUT2D eigenvalue weighted by atomic mass is 16.5. The average molecular weight is 305 g/mol. The van der Waals surface area contributed by atoms with E-state index in [4.69, 9.17) is 15.3 Å². The summed E-state index contributed by atoms with van der Waals surface area (Å²) in [5, 5.41) is 1.60. The van der Waals surface area contributed by atoms with Gasteiger partial charge in [0.1, 0.15) is 0 Å². The molecular weight excluding hydrogens is 278 g/mol. The van der Waals surface area contributed by atoms with Gasteiger partial charge in [-0.3, -0.25) is 9.91 Å². The molecule has 2 heterocycles. The molecule has 122 valence electrons. The highest BCUT2D eigenvalue weighted by molar-refractivity contribution is 5.38. The van der Waals surface area contributed by atoms with Gasteiger partial charge in [-0.2, -0.15) is 0 Å². The van der Waals surface area contributed by atoms with E-state index in [0.29, 0.717) is 6.61 Å². The van der Waals surface area contributed by atoms with E-state index in [2.05, 4.69) is 25.3 Å². The number of hydrazine groups is 1. The number of nitrogens with zero attached hydrogens (tertiary/aromatic N) is 2. The van der Waals surface area contributed by atoms with E-state index in [0.717, 1.165) is 44.1 Å². The zero-order chi connectivity index (χ0) is 16.0. The number of hydrogen-bond acceptors (Lipinski definition) is 5. The summed E-state index contributed by atoms with van der Waals surface area (Å²) in [5.74, 6) is 6.01. The number of morpholine rings is 1. The molecular formula is C17H27N3O2. The Morgan fingerprint density at radius 2 is 2.09 bits per heavy atom. The van der Waals surface area contributed by atoms with Gasteiger partial charge in [0.15, 0.2) is 0 Å². The van der Waals surface area contributed by atoms with Crippen molar-refractivity contribution in [3.63, 3.8) is 0 Å². The fourth-order valence-corrected chi connectivity index (χ4v) is 2.49. The van der Waals surface area contributed by atoms with Crippen LogP contribution in [0.3, 0.4) is 0 Å². The molecule has 2 rings (SSSR count). The maximum Gasteiger partial charge on any atom is 0.0890 e. The Morgan fingerprint density at radius 1 is 1.36 bits per heavy atom. The van der Waals surface area contributed by atoms with Crippen molar-refractivity contribution in [2.75, 3.05) is 39.5 Å². The van der Waals surface area contributed by atoms with Crippen LogP contribution in [0.1, 0.15) is 13.8 Å². The van der Waals surface area contributed by atoms with Crippen molar-refractivity contribution in [3.05, 3.63) is 48.4 Å². The monoisotopic (exact) mass is 305 g/mol. The maximum atomic E-state index is 6.09. The van der Waals surface area contributed by atoms with Crippen molar-refractivity contribution in [3.8, 4) is 0 Å². The fraction of sp³-hybridized carbons (Fsp3) is 0.529. The van der Waals surface area contributed by atoms with E-state index in [1.54, 1.807) is 11.1 Å². The molecule has 1 saturated heterocycles. The first-order chi connectivity index (χ1) is 10.5. The van der Waals surface area contributed by atoms with Crippen molar-refractivity contribution in [2.45, 2.75) is 19.4 Å². The van der Waals surface area contributed by atoms with Crippen LogP contribution < -0.4 is 5.84 Å². The van der Waals surface area contributed by atoms with Crippen molar-refractivity contribution in [1.29, 1.82) is 0 Å². The zero-order valence-electron chi connectivity index (χ0n) is 13.6. The molecule has 5 nitrogen and oxygen atoms in total. The van der Waals surface area contributed by atoms with Gasteiger partial charge in [-0.15, -0.1) is 0 Å². The van der Waals surface area contributed by atoms with Gasteiger partial charge in [0.2, 0.25) is 0 Å². The minimum atomic E-state index is -0.375. The molecule has 0 amide bonds. The second kappa shape index (κ2) is 7.74. The number of nitrogens with two attached hydrogens (primary N) is 1. The molecule has 1 fully saturated rings. The first-order valence-corrected chi connectivity index (χ1v) is 7.74. The van der Waals surface area contributed by atoms with Crippen LogP contribution in [-0.4, -0.2) is 55.0 Å². The van der Waals surface area contributed by atoms with Gasteiger partial charge in [0.25, 0.3) is 0 Å². The van der Waals surface area contributed by atoms with Crippen LogP contribution in [-0.2, 0) is 9.47 Å². The highest BCUT2D eigenvalue weighted by Gasteiger charge is 2.25. The summed E-state index contributed by atoms with van der Waals surface area (Å²) in [5.41, 5.74) is 1.58. The Bertz CT molecular complexity index is 474. The van der Waals surface area contributed by atoms with Gasteiger partial charge in [-0.1, -0.05) is 18.7 Å². The smallest absolute Gasteiger partial charge is 0.0890 e. The lowest BCUT2D eigenvalue weighted by atomic mass is 9.96. The van der Waals surface area contributed by atoms with Crippen molar-refractivity contribution < 1.29 is 9.47 Å². The maximum absolute atomic E-state index is 6.09. The number of hydrogen-bond donors (Lipinski definition) is 1. The molecule has 0 saturated carbocycles. The SMILES string of the molecule is C=C/C=C1/C=CC(C(C)(C)OCCN2CCOCC2)=CN1N. The molecule has 0 aromatic carbocycles. The number of ether oxygens (including phenoxy) is 2. The summed E-state index contributed by atoms with van der Waals surface area (Å²) in [6.07, 6.45) is 9.53. The summed E-state index contributed by atoms with van der Waals surface area (Å²) in [4.78, 5) is 2.37. The minimum Gasteiger partial charge on any atom is -0.379 e. The summed E-state index contributed by atoms with van der Waals surface area (Å²) < 4.78 is 11.4. The van der Waals surface area contributed by atoms with Crippen LogP contribution in [0.25, 0.3) is 0 Å². The standard InChI is InChI=1S/C17H27N3O2/c1-4-5-16-7-6-15(14-20(16)18)17(2,3)22-13-10-19-8-11-21-12-9-19/h4-7,14H,1,8-13,18H2,2-3H3/b16-5-. The average Bonchev–Trinajstić information content (AvgIpc) is 2.50.